The van der Waals surface area contributed by atoms with Crippen molar-refractivity contribution in [2.45, 2.75) is 58.5 Å². The van der Waals surface area contributed by atoms with E-state index in [1.165, 1.54) is 16.6 Å². The maximum Gasteiger partial charge on any atom is 0.235 e. The molecule has 4 rings (SSSR count). The van der Waals surface area contributed by atoms with Gasteiger partial charge in [0, 0.05) is 17.5 Å². The van der Waals surface area contributed by atoms with Crippen molar-refractivity contribution >= 4 is 34.0 Å². The number of thiophene rings is 1. The molecule has 0 saturated heterocycles. The number of fused-ring (bicyclic) bond motifs is 1. The first-order valence-corrected chi connectivity index (χ1v) is 14.2. The molecule has 1 N–H and O–H groups in total. The van der Waals surface area contributed by atoms with E-state index < -0.39 is 0 Å². The van der Waals surface area contributed by atoms with E-state index in [1.807, 2.05) is 42.8 Å². The van der Waals surface area contributed by atoms with Gasteiger partial charge in [-0.25, -0.2) is 0 Å². The number of hydrogen-bond acceptors (Lipinski definition) is 7. The zero-order valence-corrected chi connectivity index (χ0v) is 23.2. The van der Waals surface area contributed by atoms with Crippen LogP contribution < -0.4 is 10.1 Å². The van der Waals surface area contributed by atoms with Crippen molar-refractivity contribution in [2.24, 2.45) is 18.4 Å². The minimum Gasteiger partial charge on any atom is -0.494 e. The predicted molar refractivity (Wildman–Crippen MR) is 146 cm³/mol. The van der Waals surface area contributed by atoms with Crippen molar-refractivity contribution in [3.63, 3.8) is 0 Å². The highest BCUT2D eigenvalue weighted by molar-refractivity contribution is 7.99. The lowest BCUT2D eigenvalue weighted by molar-refractivity contribution is -0.113. The van der Waals surface area contributed by atoms with E-state index in [1.54, 1.807) is 11.3 Å². The molecule has 1 atom stereocenters. The maximum atomic E-state index is 12.8. The van der Waals surface area contributed by atoms with Gasteiger partial charge in [0.25, 0.3) is 0 Å². The van der Waals surface area contributed by atoms with E-state index in [9.17, 15) is 10.1 Å². The van der Waals surface area contributed by atoms with Crippen LogP contribution in [0.3, 0.4) is 0 Å². The molecule has 1 aliphatic carbocycles. The van der Waals surface area contributed by atoms with Crippen LogP contribution in [0.5, 0.6) is 5.75 Å². The number of hydrogen-bond donors (Lipinski definition) is 1. The Balaban J connectivity index is 1.41. The van der Waals surface area contributed by atoms with E-state index in [0.717, 1.165) is 48.4 Å². The van der Waals surface area contributed by atoms with Gasteiger partial charge in [0.2, 0.25) is 5.91 Å². The highest BCUT2D eigenvalue weighted by Gasteiger charge is 2.34. The Hall–Kier alpha value is -2.83. The maximum absolute atomic E-state index is 12.8. The number of carbonyl (C=O) groups excluding carboxylic acids is 1. The number of carbonyl (C=O) groups is 1. The van der Waals surface area contributed by atoms with Crippen LogP contribution in [0.2, 0.25) is 0 Å². The normalized spacial score (nSPS) is 15.3. The van der Waals surface area contributed by atoms with E-state index in [4.69, 9.17) is 4.74 Å². The number of amides is 1. The van der Waals surface area contributed by atoms with Crippen LogP contribution >= 0.6 is 23.1 Å². The first-order chi connectivity index (χ1) is 17.3. The summed E-state index contributed by atoms with van der Waals surface area (Å²) in [4.78, 5) is 14.1. The molecule has 3 aromatic rings. The van der Waals surface area contributed by atoms with Crippen molar-refractivity contribution in [1.29, 1.82) is 5.26 Å². The highest BCUT2D eigenvalue weighted by Crippen LogP contribution is 2.45. The smallest absolute Gasteiger partial charge is 0.235 e. The summed E-state index contributed by atoms with van der Waals surface area (Å²) in [6.45, 7) is 9.47. The Kier molecular flexibility index (Phi) is 8.06. The lowest BCUT2D eigenvalue weighted by Crippen LogP contribution is -2.28. The molecule has 0 saturated carbocycles. The molecule has 0 aliphatic heterocycles. The Bertz CT molecular complexity index is 1270. The number of nitrogens with one attached hydrogen (secondary N) is 1. The molecule has 1 unspecified atom stereocenters. The molecule has 9 heteroatoms. The predicted octanol–water partition coefficient (Wildman–Crippen LogP) is 6.09. The molecule has 1 amide bonds. The summed E-state index contributed by atoms with van der Waals surface area (Å²) in [5.41, 5.74) is 2.96. The van der Waals surface area contributed by atoms with Crippen molar-refractivity contribution in [1.82, 2.24) is 14.8 Å². The first kappa shape index (κ1) is 26.2. The zero-order chi connectivity index (χ0) is 25.9. The van der Waals surface area contributed by atoms with Gasteiger partial charge in [-0.2, -0.15) is 5.26 Å². The summed E-state index contributed by atoms with van der Waals surface area (Å²) < 4.78 is 7.39. The summed E-state index contributed by atoms with van der Waals surface area (Å²) in [6.07, 6.45) is 4.10. The van der Waals surface area contributed by atoms with Gasteiger partial charge in [-0.1, -0.05) is 39.0 Å². The van der Waals surface area contributed by atoms with Gasteiger partial charge in [0.05, 0.1) is 17.9 Å². The molecule has 1 aromatic carbocycles. The Labute approximate surface area is 221 Å². The molecule has 0 spiro atoms. The molecular formula is C27H33N5O2S2. The quantitative estimate of drug-likeness (QED) is 0.341. The third-order valence-corrected chi connectivity index (χ3v) is 9.43. The molecule has 0 radical (unpaired) electrons. The number of thioether (sulfide) groups is 1. The molecule has 2 aromatic heterocycles. The Morgan fingerprint density at radius 1 is 1.31 bits per heavy atom. The Morgan fingerprint density at radius 3 is 2.72 bits per heavy atom. The Morgan fingerprint density at radius 2 is 2.06 bits per heavy atom. The molecule has 0 fully saturated rings. The third kappa shape index (κ3) is 5.45. The zero-order valence-electron chi connectivity index (χ0n) is 21.6. The third-order valence-electron chi connectivity index (χ3n) is 7.24. The van der Waals surface area contributed by atoms with Crippen LogP contribution in [0.1, 0.15) is 56.5 Å². The van der Waals surface area contributed by atoms with Gasteiger partial charge in [-0.05, 0) is 67.3 Å². The number of nitriles is 1. The lowest BCUT2D eigenvalue weighted by atomic mass is 9.69. The summed E-state index contributed by atoms with van der Waals surface area (Å²) in [7, 11) is 1.89. The molecule has 2 heterocycles. The van der Waals surface area contributed by atoms with Gasteiger partial charge < -0.3 is 14.6 Å². The fraction of sp³-hybridized carbons (Fsp3) is 0.481. The van der Waals surface area contributed by atoms with Gasteiger partial charge in [0.15, 0.2) is 11.0 Å². The van der Waals surface area contributed by atoms with Crippen LogP contribution in [0.4, 0.5) is 5.00 Å². The van der Waals surface area contributed by atoms with Crippen molar-refractivity contribution in [3.8, 4) is 23.2 Å². The minimum absolute atomic E-state index is 0.147. The lowest BCUT2D eigenvalue weighted by Gasteiger charge is -2.36. The fourth-order valence-corrected chi connectivity index (χ4v) is 6.60. The van der Waals surface area contributed by atoms with Crippen LogP contribution in [-0.2, 0) is 24.7 Å². The fourth-order valence-electron chi connectivity index (χ4n) is 4.60. The van der Waals surface area contributed by atoms with Crippen molar-refractivity contribution < 1.29 is 9.53 Å². The van der Waals surface area contributed by atoms with Crippen molar-refractivity contribution in [2.75, 3.05) is 17.7 Å². The SMILES string of the molecule is CCOc1ccc(-c2nnc(SCC(=O)Nc3sc4c(c3C#N)CCC(C(C)(C)CC)C4)n2C)cc1. The minimum atomic E-state index is -0.147. The van der Waals surface area contributed by atoms with Crippen LogP contribution in [0.25, 0.3) is 11.4 Å². The van der Waals surface area contributed by atoms with Gasteiger partial charge in [-0.3, -0.25) is 4.79 Å². The van der Waals surface area contributed by atoms with E-state index in [2.05, 4.69) is 42.4 Å². The number of aromatic nitrogens is 3. The molecule has 190 valence electrons. The number of nitrogens with zero attached hydrogens (tertiary/aromatic N) is 4. The number of rotatable bonds is 9. The second-order valence-corrected chi connectivity index (χ2v) is 11.8. The average molecular weight is 524 g/mol. The second-order valence-electron chi connectivity index (χ2n) is 9.76. The molecule has 36 heavy (non-hydrogen) atoms. The van der Waals surface area contributed by atoms with Gasteiger partial charge >= 0.3 is 0 Å². The van der Waals surface area contributed by atoms with Gasteiger partial charge in [0.1, 0.15) is 16.8 Å². The number of ether oxygens (including phenoxy) is 1. The summed E-state index contributed by atoms with van der Waals surface area (Å²) in [6, 6.07) is 10.1. The van der Waals surface area contributed by atoms with Crippen LogP contribution in [0, 0.1) is 22.7 Å². The molecule has 1 aliphatic rings. The van der Waals surface area contributed by atoms with E-state index in [-0.39, 0.29) is 17.1 Å². The van der Waals surface area contributed by atoms with Gasteiger partial charge in [-0.15, -0.1) is 21.5 Å². The first-order valence-electron chi connectivity index (χ1n) is 12.4. The van der Waals surface area contributed by atoms with Crippen LogP contribution in [0.15, 0.2) is 29.4 Å². The summed E-state index contributed by atoms with van der Waals surface area (Å²) in [5.74, 6) is 2.18. The number of anilines is 1. The average Bonchev–Trinajstić information content (AvgIpc) is 3.42. The van der Waals surface area contributed by atoms with Crippen molar-refractivity contribution in [3.05, 3.63) is 40.3 Å². The molecular weight excluding hydrogens is 490 g/mol. The molecule has 0 bridgehead atoms. The summed E-state index contributed by atoms with van der Waals surface area (Å²) in [5, 5.41) is 22.7. The second kappa shape index (κ2) is 11.1. The number of benzene rings is 1. The summed E-state index contributed by atoms with van der Waals surface area (Å²) >= 11 is 2.90. The molecule has 7 nitrogen and oxygen atoms in total. The highest BCUT2D eigenvalue weighted by atomic mass is 32.2. The van der Waals surface area contributed by atoms with E-state index >= 15 is 0 Å². The topological polar surface area (TPSA) is 92.8 Å². The standard InChI is InChI=1S/C27H33N5O2S2/c1-6-27(3,4)18-10-13-20-21(15-28)25(36-22(20)14-18)29-23(33)16-35-26-31-30-24(32(26)5)17-8-11-19(12-9-17)34-7-2/h8-9,11-12,18H,6-7,10,13-14,16H2,1-5H3,(H,29,33). The largest absolute Gasteiger partial charge is 0.494 e. The van der Waals surface area contributed by atoms with Crippen LogP contribution in [-0.4, -0.2) is 33.0 Å². The van der Waals surface area contributed by atoms with E-state index in [0.29, 0.717) is 28.2 Å². The monoisotopic (exact) mass is 523 g/mol.